The molecule has 1 aromatic rings. The van der Waals surface area contributed by atoms with Gasteiger partial charge in [0.2, 0.25) is 0 Å². The molecule has 1 N–H and O–H groups in total. The lowest BCUT2D eigenvalue weighted by Crippen LogP contribution is -2.33. The fourth-order valence-corrected chi connectivity index (χ4v) is 1.71. The van der Waals surface area contributed by atoms with Crippen LogP contribution in [0.25, 0.3) is 0 Å². The Morgan fingerprint density at radius 2 is 1.52 bits per heavy atom. The molecule has 130 valence electrons. The Hall–Kier alpha value is -1.77. The maximum atomic E-state index is 12.7. The van der Waals surface area contributed by atoms with Gasteiger partial charge in [-0.3, -0.25) is 4.79 Å². The topological polar surface area (TPSA) is 32.3 Å². The van der Waals surface area contributed by atoms with Gasteiger partial charge in [0.1, 0.15) is 0 Å². The van der Waals surface area contributed by atoms with Crippen LogP contribution < -0.4 is 5.32 Å². The number of hydrogen-bond donors (Lipinski definition) is 1. The molecular weight excluding hydrogens is 326 g/mol. The van der Waals surface area contributed by atoms with Crippen molar-refractivity contribution in [3.63, 3.8) is 0 Å². The Balaban J connectivity index is 3.03. The van der Waals surface area contributed by atoms with Crippen LogP contribution in [0.15, 0.2) is 18.2 Å². The number of carbonyl (C=O) groups is 1. The normalized spacial score (nSPS) is 12.6. The van der Waals surface area contributed by atoms with Crippen molar-refractivity contribution < 1.29 is 31.1 Å². The summed E-state index contributed by atoms with van der Waals surface area (Å²) in [5.41, 5.74) is -3.70. The van der Waals surface area contributed by atoms with Crippen molar-refractivity contribution >= 4 is 5.91 Å². The largest absolute Gasteiger partial charge is 0.416 e. The number of halogens is 6. The quantitative estimate of drug-likeness (QED) is 0.832. The van der Waals surface area contributed by atoms with Gasteiger partial charge in [-0.1, -0.05) is 6.92 Å². The summed E-state index contributed by atoms with van der Waals surface area (Å²) >= 11 is 0. The standard InChI is InChI=1S/C14H16F6N2O/c1-3-22(2)5-4-21-12(23)9-6-10(13(15,16)17)8-11(7-9)14(18,19)20/h6-8H,3-5H2,1-2H3,(H,21,23). The minimum absolute atomic E-state index is 0.0123. The molecule has 0 atom stereocenters. The molecule has 0 aromatic heterocycles. The van der Waals surface area contributed by atoms with Gasteiger partial charge in [0.15, 0.2) is 0 Å². The van der Waals surface area contributed by atoms with Crippen molar-refractivity contribution in [3.8, 4) is 0 Å². The number of nitrogens with one attached hydrogen (secondary N) is 1. The highest BCUT2D eigenvalue weighted by molar-refractivity contribution is 5.94. The van der Waals surface area contributed by atoms with Gasteiger partial charge in [-0.05, 0) is 31.8 Å². The highest BCUT2D eigenvalue weighted by Gasteiger charge is 2.37. The van der Waals surface area contributed by atoms with Crippen molar-refractivity contribution in [2.24, 2.45) is 0 Å². The third-order valence-corrected chi connectivity index (χ3v) is 3.17. The van der Waals surface area contributed by atoms with Crippen LogP contribution in [0.2, 0.25) is 0 Å². The van der Waals surface area contributed by atoms with E-state index in [1.165, 1.54) is 0 Å². The second kappa shape index (κ2) is 7.20. The summed E-state index contributed by atoms with van der Waals surface area (Å²) in [6.45, 7) is 3.09. The van der Waals surface area contributed by atoms with Crippen LogP contribution in [0.3, 0.4) is 0 Å². The van der Waals surface area contributed by atoms with Crippen molar-refractivity contribution in [3.05, 3.63) is 34.9 Å². The molecule has 0 aliphatic heterocycles. The highest BCUT2D eigenvalue weighted by Crippen LogP contribution is 2.36. The zero-order chi connectivity index (χ0) is 17.8. The summed E-state index contributed by atoms with van der Waals surface area (Å²) in [5, 5.41) is 2.31. The zero-order valence-electron chi connectivity index (χ0n) is 12.5. The number of hydrogen-bond acceptors (Lipinski definition) is 2. The predicted octanol–water partition coefficient (Wildman–Crippen LogP) is 3.41. The SMILES string of the molecule is CCN(C)CCNC(=O)c1cc(C(F)(F)F)cc(C(F)(F)F)c1. The molecule has 0 fully saturated rings. The van der Waals surface area contributed by atoms with Crippen molar-refractivity contribution in [2.45, 2.75) is 19.3 Å². The number of benzene rings is 1. The maximum absolute atomic E-state index is 12.7. The number of rotatable bonds is 5. The van der Waals surface area contributed by atoms with Crippen LogP contribution in [0, 0.1) is 0 Å². The van der Waals surface area contributed by atoms with Crippen molar-refractivity contribution in [1.29, 1.82) is 0 Å². The molecule has 0 bridgehead atoms. The second-order valence-corrected chi connectivity index (χ2v) is 4.95. The molecule has 0 saturated heterocycles. The molecule has 3 nitrogen and oxygen atoms in total. The van der Waals surface area contributed by atoms with Gasteiger partial charge < -0.3 is 10.2 Å². The molecule has 0 spiro atoms. The first-order valence-electron chi connectivity index (χ1n) is 6.71. The number of alkyl halides is 6. The van der Waals surface area contributed by atoms with Gasteiger partial charge in [0.05, 0.1) is 11.1 Å². The first-order chi connectivity index (χ1) is 10.4. The lowest BCUT2D eigenvalue weighted by atomic mass is 10.0. The Kier molecular flexibility index (Phi) is 6.04. The molecular formula is C14H16F6N2O. The molecule has 1 rings (SSSR count). The summed E-state index contributed by atoms with van der Waals surface area (Å²) in [6, 6.07) is 0.809. The van der Waals surface area contributed by atoms with E-state index in [0.29, 0.717) is 25.2 Å². The lowest BCUT2D eigenvalue weighted by molar-refractivity contribution is -0.143. The smallest absolute Gasteiger partial charge is 0.351 e. The minimum atomic E-state index is -4.97. The molecule has 0 unspecified atom stereocenters. The number of amides is 1. The van der Waals surface area contributed by atoms with Gasteiger partial charge in [0, 0.05) is 18.7 Å². The van der Waals surface area contributed by atoms with Crippen molar-refractivity contribution in [2.75, 3.05) is 26.7 Å². The first-order valence-corrected chi connectivity index (χ1v) is 6.71. The molecule has 0 aliphatic rings. The molecule has 9 heteroatoms. The van der Waals surface area contributed by atoms with E-state index >= 15 is 0 Å². The van der Waals surface area contributed by atoms with Crippen LogP contribution in [-0.4, -0.2) is 37.5 Å². The van der Waals surface area contributed by atoms with E-state index < -0.39 is 35.0 Å². The van der Waals surface area contributed by atoms with Crippen LogP contribution in [0.1, 0.15) is 28.4 Å². The van der Waals surface area contributed by atoms with Crippen LogP contribution in [-0.2, 0) is 12.4 Å². The molecule has 0 aliphatic carbocycles. The Labute approximate surface area is 129 Å². The molecule has 0 radical (unpaired) electrons. The number of carbonyl (C=O) groups excluding carboxylic acids is 1. The van der Waals surface area contributed by atoms with E-state index in [2.05, 4.69) is 5.32 Å². The van der Waals surface area contributed by atoms with Crippen LogP contribution >= 0.6 is 0 Å². The number of likely N-dealkylation sites (N-methyl/N-ethyl adjacent to an activating group) is 1. The van der Waals surface area contributed by atoms with Crippen LogP contribution in [0.4, 0.5) is 26.3 Å². The second-order valence-electron chi connectivity index (χ2n) is 4.95. The first kappa shape index (κ1) is 19.3. The van der Waals surface area contributed by atoms with E-state index in [0.717, 1.165) is 0 Å². The van der Waals surface area contributed by atoms with Gasteiger partial charge in [-0.2, -0.15) is 26.3 Å². The van der Waals surface area contributed by atoms with E-state index in [9.17, 15) is 31.1 Å². The lowest BCUT2D eigenvalue weighted by Gasteiger charge is -2.16. The van der Waals surface area contributed by atoms with Gasteiger partial charge in [-0.15, -0.1) is 0 Å². The summed E-state index contributed by atoms with van der Waals surface area (Å²) in [5.74, 6) is -0.980. The molecule has 1 amide bonds. The average molecular weight is 342 g/mol. The van der Waals surface area contributed by atoms with Gasteiger partial charge in [-0.25, -0.2) is 0 Å². The molecule has 0 saturated carbocycles. The summed E-state index contributed by atoms with van der Waals surface area (Å²) in [6.07, 6.45) is -9.95. The van der Waals surface area contributed by atoms with Gasteiger partial charge >= 0.3 is 12.4 Å². The van der Waals surface area contributed by atoms with E-state index in [-0.39, 0.29) is 12.6 Å². The molecule has 1 aromatic carbocycles. The zero-order valence-corrected chi connectivity index (χ0v) is 12.5. The summed E-state index contributed by atoms with van der Waals surface area (Å²) in [7, 11) is 1.76. The Morgan fingerprint density at radius 3 is 1.91 bits per heavy atom. The predicted molar refractivity (Wildman–Crippen MR) is 72.0 cm³/mol. The van der Waals surface area contributed by atoms with E-state index in [1.54, 1.807) is 7.05 Å². The van der Waals surface area contributed by atoms with E-state index in [4.69, 9.17) is 0 Å². The maximum Gasteiger partial charge on any atom is 0.416 e. The third-order valence-electron chi connectivity index (χ3n) is 3.17. The Morgan fingerprint density at radius 1 is 1.04 bits per heavy atom. The minimum Gasteiger partial charge on any atom is -0.351 e. The van der Waals surface area contributed by atoms with Gasteiger partial charge in [0.25, 0.3) is 5.91 Å². The summed E-state index contributed by atoms with van der Waals surface area (Å²) in [4.78, 5) is 13.6. The summed E-state index contributed by atoms with van der Waals surface area (Å²) < 4.78 is 76.2. The average Bonchev–Trinajstić information content (AvgIpc) is 2.44. The molecule has 0 heterocycles. The fraction of sp³-hybridized carbons (Fsp3) is 0.500. The number of nitrogens with zero attached hydrogens (tertiary/aromatic N) is 1. The fourth-order valence-electron chi connectivity index (χ4n) is 1.71. The van der Waals surface area contributed by atoms with E-state index in [1.807, 2.05) is 11.8 Å². The Bertz CT molecular complexity index is 521. The third kappa shape index (κ3) is 5.74. The highest BCUT2D eigenvalue weighted by atomic mass is 19.4. The van der Waals surface area contributed by atoms with Crippen LogP contribution in [0.5, 0.6) is 0 Å². The monoisotopic (exact) mass is 342 g/mol. The molecule has 23 heavy (non-hydrogen) atoms. The van der Waals surface area contributed by atoms with Crippen molar-refractivity contribution in [1.82, 2.24) is 10.2 Å².